The van der Waals surface area contributed by atoms with Gasteiger partial charge in [0, 0.05) is 17.1 Å². The summed E-state index contributed by atoms with van der Waals surface area (Å²) in [6.07, 6.45) is 2.95. The molecule has 3 aromatic rings. The first-order valence-electron chi connectivity index (χ1n) is 7.12. The molecule has 0 unspecified atom stereocenters. The van der Waals surface area contributed by atoms with E-state index in [1.54, 1.807) is 12.1 Å². The van der Waals surface area contributed by atoms with Gasteiger partial charge in [0.1, 0.15) is 0 Å². The Morgan fingerprint density at radius 3 is 2.52 bits per heavy atom. The Morgan fingerprint density at radius 2 is 1.70 bits per heavy atom. The smallest absolute Gasteiger partial charge is 0.248 e. The van der Waals surface area contributed by atoms with Crippen LogP contribution in [0.1, 0.15) is 5.56 Å². The molecule has 3 aromatic carbocycles. The molecule has 0 fully saturated rings. The summed E-state index contributed by atoms with van der Waals surface area (Å²) in [4.78, 5) is 12.1. The molecule has 3 rings (SSSR count). The van der Waals surface area contributed by atoms with Crippen LogP contribution >= 0.6 is 0 Å². The second-order valence-corrected chi connectivity index (χ2v) is 5.10. The molecule has 114 valence electrons. The van der Waals surface area contributed by atoms with E-state index in [-0.39, 0.29) is 17.4 Å². The molecule has 0 radical (unpaired) electrons. The van der Waals surface area contributed by atoms with Crippen LogP contribution in [0.3, 0.4) is 0 Å². The monoisotopic (exact) mass is 305 g/mol. The van der Waals surface area contributed by atoms with E-state index in [0.717, 1.165) is 16.5 Å². The molecule has 0 aromatic heterocycles. The van der Waals surface area contributed by atoms with E-state index in [9.17, 15) is 15.0 Å². The number of phenols is 2. The lowest BCUT2D eigenvalue weighted by atomic mass is 10.1. The summed E-state index contributed by atoms with van der Waals surface area (Å²) < 4.78 is 0. The fourth-order valence-electron chi connectivity index (χ4n) is 2.32. The summed E-state index contributed by atoms with van der Waals surface area (Å²) in [5.74, 6) is -0.683. The third kappa shape index (κ3) is 3.32. The molecule has 1 amide bonds. The van der Waals surface area contributed by atoms with Gasteiger partial charge in [-0.15, -0.1) is 0 Å². The summed E-state index contributed by atoms with van der Waals surface area (Å²) in [6, 6.07) is 17.9. The Labute approximate surface area is 133 Å². The molecule has 0 saturated heterocycles. The third-order valence-electron chi connectivity index (χ3n) is 3.47. The van der Waals surface area contributed by atoms with Crippen LogP contribution in [0.15, 0.2) is 66.7 Å². The predicted octanol–water partition coefficient (Wildman–Crippen LogP) is 3.90. The highest BCUT2D eigenvalue weighted by Gasteiger charge is 2.03. The molecule has 0 aliphatic heterocycles. The van der Waals surface area contributed by atoms with Gasteiger partial charge in [0.25, 0.3) is 0 Å². The molecular weight excluding hydrogens is 290 g/mol. The van der Waals surface area contributed by atoms with Crippen molar-refractivity contribution in [1.29, 1.82) is 0 Å². The van der Waals surface area contributed by atoms with Gasteiger partial charge in [-0.1, -0.05) is 42.5 Å². The van der Waals surface area contributed by atoms with Crippen molar-refractivity contribution in [1.82, 2.24) is 0 Å². The van der Waals surface area contributed by atoms with E-state index in [0.29, 0.717) is 5.56 Å². The molecule has 0 aliphatic rings. The van der Waals surface area contributed by atoms with Gasteiger partial charge in [0.15, 0.2) is 11.5 Å². The van der Waals surface area contributed by atoms with Gasteiger partial charge < -0.3 is 15.5 Å². The second kappa shape index (κ2) is 6.23. The lowest BCUT2D eigenvalue weighted by Gasteiger charge is -2.06. The number of carbonyl (C=O) groups excluding carboxylic acids is 1. The van der Waals surface area contributed by atoms with Gasteiger partial charge in [-0.3, -0.25) is 4.79 Å². The van der Waals surface area contributed by atoms with E-state index < -0.39 is 0 Å². The van der Waals surface area contributed by atoms with Crippen molar-refractivity contribution >= 4 is 28.4 Å². The quantitative estimate of drug-likeness (QED) is 0.507. The lowest BCUT2D eigenvalue weighted by Crippen LogP contribution is -2.07. The first-order valence-corrected chi connectivity index (χ1v) is 7.12. The van der Waals surface area contributed by atoms with E-state index in [4.69, 9.17) is 0 Å². The van der Waals surface area contributed by atoms with Gasteiger partial charge in [0.2, 0.25) is 5.91 Å². The minimum absolute atomic E-state index is 0.192. The molecule has 0 heterocycles. The zero-order chi connectivity index (χ0) is 16.2. The van der Waals surface area contributed by atoms with Crippen molar-refractivity contribution in [3.05, 3.63) is 72.3 Å². The van der Waals surface area contributed by atoms with Gasteiger partial charge in [0.05, 0.1) is 0 Å². The van der Waals surface area contributed by atoms with Crippen LogP contribution in [0, 0.1) is 0 Å². The largest absolute Gasteiger partial charge is 0.504 e. The van der Waals surface area contributed by atoms with Crippen LogP contribution in [0.2, 0.25) is 0 Å². The predicted molar refractivity (Wildman–Crippen MR) is 91.4 cm³/mol. The number of aromatic hydroxyl groups is 2. The first kappa shape index (κ1) is 14.7. The summed E-state index contributed by atoms with van der Waals surface area (Å²) in [5.41, 5.74) is 1.36. The standard InChI is InChI=1S/C19H15NO3/c21-17-10-8-13(12-18(17)22)9-11-19(23)20-16-7-3-5-14-4-1-2-6-15(14)16/h1-12,21-22H,(H,20,23)/b11-9+. The van der Waals surface area contributed by atoms with Gasteiger partial charge in [-0.05, 0) is 35.2 Å². The SMILES string of the molecule is O=C(/C=C/c1ccc(O)c(O)c1)Nc1cccc2ccccc12. The molecule has 0 spiro atoms. The van der Waals surface area contributed by atoms with Crippen LogP contribution < -0.4 is 5.32 Å². The second-order valence-electron chi connectivity index (χ2n) is 5.10. The number of rotatable bonds is 3. The fraction of sp³-hybridized carbons (Fsp3) is 0. The summed E-state index contributed by atoms with van der Waals surface area (Å²) in [6.45, 7) is 0. The molecule has 0 bridgehead atoms. The van der Waals surface area contributed by atoms with Crippen molar-refractivity contribution in [3.63, 3.8) is 0 Å². The number of fused-ring (bicyclic) bond motifs is 1. The van der Waals surface area contributed by atoms with E-state index >= 15 is 0 Å². The van der Waals surface area contributed by atoms with Gasteiger partial charge in [-0.25, -0.2) is 0 Å². The number of amides is 1. The van der Waals surface area contributed by atoms with E-state index in [1.807, 2.05) is 42.5 Å². The molecule has 0 saturated carbocycles. The van der Waals surface area contributed by atoms with Crippen molar-refractivity contribution in [2.75, 3.05) is 5.32 Å². The maximum atomic E-state index is 12.1. The number of benzene rings is 3. The normalized spacial score (nSPS) is 11.0. The van der Waals surface area contributed by atoms with Crippen molar-refractivity contribution in [2.45, 2.75) is 0 Å². The average molecular weight is 305 g/mol. The van der Waals surface area contributed by atoms with Crippen molar-refractivity contribution < 1.29 is 15.0 Å². The number of anilines is 1. The number of hydrogen-bond donors (Lipinski definition) is 3. The maximum absolute atomic E-state index is 12.1. The number of hydrogen-bond acceptors (Lipinski definition) is 3. The summed E-state index contributed by atoms with van der Waals surface area (Å²) in [5, 5.41) is 23.6. The topological polar surface area (TPSA) is 69.6 Å². The fourth-order valence-corrected chi connectivity index (χ4v) is 2.32. The lowest BCUT2D eigenvalue weighted by molar-refractivity contribution is -0.111. The van der Waals surface area contributed by atoms with Crippen LogP contribution in [-0.4, -0.2) is 16.1 Å². The molecule has 0 aliphatic carbocycles. The zero-order valence-corrected chi connectivity index (χ0v) is 12.2. The van der Waals surface area contributed by atoms with E-state index in [2.05, 4.69) is 5.32 Å². The van der Waals surface area contributed by atoms with Crippen molar-refractivity contribution in [2.24, 2.45) is 0 Å². The van der Waals surface area contributed by atoms with Crippen LogP contribution in [-0.2, 0) is 4.79 Å². The Bertz CT molecular complexity index is 895. The minimum atomic E-state index is -0.270. The van der Waals surface area contributed by atoms with Crippen LogP contribution in [0.25, 0.3) is 16.8 Å². The molecule has 4 heteroatoms. The number of nitrogens with one attached hydrogen (secondary N) is 1. The zero-order valence-electron chi connectivity index (χ0n) is 12.2. The third-order valence-corrected chi connectivity index (χ3v) is 3.47. The summed E-state index contributed by atoms with van der Waals surface area (Å²) >= 11 is 0. The molecule has 3 N–H and O–H groups in total. The highest BCUT2D eigenvalue weighted by Crippen LogP contribution is 2.25. The molecular formula is C19H15NO3. The Morgan fingerprint density at radius 1 is 0.913 bits per heavy atom. The molecule has 23 heavy (non-hydrogen) atoms. The number of carbonyl (C=O) groups is 1. The maximum Gasteiger partial charge on any atom is 0.248 e. The van der Waals surface area contributed by atoms with Crippen molar-refractivity contribution in [3.8, 4) is 11.5 Å². The minimum Gasteiger partial charge on any atom is -0.504 e. The van der Waals surface area contributed by atoms with Crippen LogP contribution in [0.5, 0.6) is 11.5 Å². The number of phenolic OH excluding ortho intramolecular Hbond substituents is 2. The Kier molecular flexibility index (Phi) is 3.97. The van der Waals surface area contributed by atoms with Crippen LogP contribution in [0.4, 0.5) is 5.69 Å². The first-order chi connectivity index (χ1) is 11.1. The highest BCUT2D eigenvalue weighted by molar-refractivity contribution is 6.07. The average Bonchev–Trinajstić information content (AvgIpc) is 2.56. The Hall–Kier alpha value is -3.27. The van der Waals surface area contributed by atoms with E-state index in [1.165, 1.54) is 18.2 Å². The van der Waals surface area contributed by atoms with Gasteiger partial charge in [-0.2, -0.15) is 0 Å². The Balaban J connectivity index is 1.78. The molecule has 0 atom stereocenters. The summed E-state index contributed by atoms with van der Waals surface area (Å²) in [7, 11) is 0. The molecule has 4 nitrogen and oxygen atoms in total. The van der Waals surface area contributed by atoms with Gasteiger partial charge >= 0.3 is 0 Å². The highest BCUT2D eigenvalue weighted by atomic mass is 16.3.